The molecule has 1 amide bonds. The van der Waals surface area contributed by atoms with Gasteiger partial charge >= 0.3 is 0 Å². The van der Waals surface area contributed by atoms with Crippen LogP contribution in [0.2, 0.25) is 0 Å². The van der Waals surface area contributed by atoms with Crippen molar-refractivity contribution in [3.8, 4) is 0 Å². The second kappa shape index (κ2) is 4.19. The minimum Gasteiger partial charge on any atom is -0.399 e. The number of ketones is 2. The zero-order valence-electron chi connectivity index (χ0n) is 10.4. The van der Waals surface area contributed by atoms with Gasteiger partial charge in [-0.3, -0.25) is 14.4 Å². The van der Waals surface area contributed by atoms with E-state index in [0.29, 0.717) is 30.6 Å². The zero-order valence-corrected chi connectivity index (χ0v) is 10.4. The predicted octanol–water partition coefficient (Wildman–Crippen LogP) is 0.915. The van der Waals surface area contributed by atoms with Crippen molar-refractivity contribution in [2.75, 3.05) is 5.73 Å². The van der Waals surface area contributed by atoms with Crippen LogP contribution in [0.5, 0.6) is 0 Å². The minimum atomic E-state index is -0.459. The number of amides is 1. The number of nitrogen functional groups attached to an aromatic ring is 1. The number of carbonyl (C=O) groups is 3. The van der Waals surface area contributed by atoms with E-state index in [1.54, 1.807) is 23.1 Å². The quantitative estimate of drug-likeness (QED) is 0.600. The van der Waals surface area contributed by atoms with Crippen LogP contribution in [0.15, 0.2) is 18.2 Å². The van der Waals surface area contributed by atoms with Gasteiger partial charge in [0.25, 0.3) is 5.91 Å². The second-order valence-corrected chi connectivity index (χ2v) is 5.09. The molecule has 0 spiro atoms. The summed E-state index contributed by atoms with van der Waals surface area (Å²) >= 11 is 0. The number of Topliss-reactive ketones (excluding diaryl/α,β-unsaturated/α-hetero) is 2. The molecule has 1 fully saturated rings. The van der Waals surface area contributed by atoms with Crippen LogP contribution in [-0.2, 0) is 16.1 Å². The number of hydrogen-bond donors (Lipinski definition) is 1. The molecule has 2 aliphatic rings. The normalized spacial score (nSPS) is 22.8. The molecule has 98 valence electrons. The summed E-state index contributed by atoms with van der Waals surface area (Å²) in [5.74, 6) is -0.317. The molecule has 1 aliphatic heterocycles. The van der Waals surface area contributed by atoms with Gasteiger partial charge in [-0.25, -0.2) is 0 Å². The summed E-state index contributed by atoms with van der Waals surface area (Å²) in [4.78, 5) is 37.0. The van der Waals surface area contributed by atoms with Gasteiger partial charge in [0.05, 0.1) is 12.5 Å². The number of hydrogen-bond acceptors (Lipinski definition) is 4. The fourth-order valence-electron chi connectivity index (χ4n) is 2.80. The topological polar surface area (TPSA) is 80.5 Å². The smallest absolute Gasteiger partial charge is 0.255 e. The molecular weight excluding hydrogens is 244 g/mol. The lowest BCUT2D eigenvalue weighted by molar-refractivity contribution is -0.133. The first-order chi connectivity index (χ1) is 9.06. The van der Waals surface area contributed by atoms with Crippen LogP contribution in [0, 0.1) is 0 Å². The Morgan fingerprint density at radius 2 is 2.00 bits per heavy atom. The zero-order chi connectivity index (χ0) is 13.6. The molecule has 5 heteroatoms. The summed E-state index contributed by atoms with van der Waals surface area (Å²) in [5, 5.41) is 0. The maximum atomic E-state index is 12.3. The average Bonchev–Trinajstić information content (AvgIpc) is 2.66. The minimum absolute atomic E-state index is 0.0327. The fraction of sp³-hybridized carbons (Fsp3) is 0.357. The first kappa shape index (κ1) is 11.9. The summed E-state index contributed by atoms with van der Waals surface area (Å²) in [5.41, 5.74) is 7.78. The Morgan fingerprint density at radius 3 is 2.74 bits per heavy atom. The van der Waals surface area contributed by atoms with Crippen LogP contribution in [0.4, 0.5) is 5.69 Å². The van der Waals surface area contributed by atoms with Crippen LogP contribution in [0.3, 0.4) is 0 Å². The monoisotopic (exact) mass is 258 g/mol. The highest BCUT2D eigenvalue weighted by Crippen LogP contribution is 2.29. The van der Waals surface area contributed by atoms with E-state index in [1.165, 1.54) is 0 Å². The molecule has 5 nitrogen and oxygen atoms in total. The van der Waals surface area contributed by atoms with Crippen molar-refractivity contribution in [3.05, 3.63) is 29.3 Å². The van der Waals surface area contributed by atoms with Gasteiger partial charge in [0.2, 0.25) is 0 Å². The van der Waals surface area contributed by atoms with Crippen molar-refractivity contribution in [1.82, 2.24) is 4.90 Å². The first-order valence-electron chi connectivity index (χ1n) is 6.30. The lowest BCUT2D eigenvalue weighted by atomic mass is 9.92. The Hall–Kier alpha value is -2.17. The summed E-state index contributed by atoms with van der Waals surface area (Å²) in [6.45, 7) is 0.407. The van der Waals surface area contributed by atoms with Crippen LogP contribution in [0.1, 0.15) is 35.2 Å². The summed E-state index contributed by atoms with van der Waals surface area (Å²) < 4.78 is 0. The summed E-state index contributed by atoms with van der Waals surface area (Å²) in [6.07, 6.45) is 0.762. The molecule has 3 rings (SSSR count). The van der Waals surface area contributed by atoms with E-state index in [9.17, 15) is 14.4 Å². The molecule has 0 saturated heterocycles. The molecule has 1 heterocycles. The Kier molecular flexibility index (Phi) is 2.62. The molecule has 1 aromatic rings. The number of nitrogens with zero attached hydrogens (tertiary/aromatic N) is 1. The molecular formula is C14H14N2O3. The number of nitrogens with two attached hydrogens (primary N) is 1. The molecule has 1 saturated carbocycles. The van der Waals surface area contributed by atoms with E-state index in [0.717, 1.165) is 5.56 Å². The number of benzene rings is 1. The molecule has 0 bridgehead atoms. The molecule has 1 unspecified atom stereocenters. The van der Waals surface area contributed by atoms with Gasteiger partial charge in [-0.2, -0.15) is 0 Å². The maximum Gasteiger partial charge on any atom is 0.255 e. The number of rotatable bonds is 1. The third-order valence-corrected chi connectivity index (χ3v) is 3.78. The Bertz CT molecular complexity index is 594. The molecule has 0 aromatic heterocycles. The number of anilines is 1. The molecule has 1 aliphatic carbocycles. The number of fused-ring (bicyclic) bond motifs is 1. The Morgan fingerprint density at radius 1 is 1.21 bits per heavy atom. The van der Waals surface area contributed by atoms with Crippen molar-refractivity contribution in [2.45, 2.75) is 31.8 Å². The Balaban J connectivity index is 1.87. The van der Waals surface area contributed by atoms with Gasteiger partial charge in [-0.1, -0.05) is 0 Å². The van der Waals surface area contributed by atoms with E-state index in [4.69, 9.17) is 5.73 Å². The van der Waals surface area contributed by atoms with Crippen LogP contribution < -0.4 is 5.73 Å². The summed E-state index contributed by atoms with van der Waals surface area (Å²) in [6, 6.07) is 4.70. The van der Waals surface area contributed by atoms with Crippen molar-refractivity contribution >= 4 is 23.2 Å². The van der Waals surface area contributed by atoms with E-state index in [2.05, 4.69) is 0 Å². The molecule has 1 atom stereocenters. The molecule has 0 radical (unpaired) electrons. The van der Waals surface area contributed by atoms with E-state index in [1.807, 2.05) is 0 Å². The van der Waals surface area contributed by atoms with Crippen LogP contribution >= 0.6 is 0 Å². The van der Waals surface area contributed by atoms with Crippen LogP contribution in [-0.4, -0.2) is 28.4 Å². The van der Waals surface area contributed by atoms with Gasteiger partial charge in [0.15, 0.2) is 5.78 Å². The average molecular weight is 258 g/mol. The van der Waals surface area contributed by atoms with Crippen molar-refractivity contribution in [2.24, 2.45) is 0 Å². The van der Waals surface area contributed by atoms with E-state index in [-0.39, 0.29) is 23.9 Å². The highest BCUT2D eigenvalue weighted by Gasteiger charge is 2.38. The molecule has 19 heavy (non-hydrogen) atoms. The first-order valence-corrected chi connectivity index (χ1v) is 6.30. The molecule has 2 N–H and O–H groups in total. The SMILES string of the molecule is Nc1ccc2c(c1)CN(C1CCC(=O)CC1=O)C2=O. The fourth-order valence-corrected chi connectivity index (χ4v) is 2.80. The third-order valence-electron chi connectivity index (χ3n) is 3.78. The van der Waals surface area contributed by atoms with Crippen molar-refractivity contribution in [1.29, 1.82) is 0 Å². The maximum absolute atomic E-state index is 12.3. The predicted molar refractivity (Wildman–Crippen MR) is 68.4 cm³/mol. The highest BCUT2D eigenvalue weighted by molar-refractivity contribution is 6.07. The van der Waals surface area contributed by atoms with Gasteiger partial charge in [0.1, 0.15) is 5.78 Å². The summed E-state index contributed by atoms with van der Waals surface area (Å²) in [7, 11) is 0. The van der Waals surface area contributed by atoms with E-state index < -0.39 is 6.04 Å². The van der Waals surface area contributed by atoms with Crippen molar-refractivity contribution in [3.63, 3.8) is 0 Å². The lowest BCUT2D eigenvalue weighted by Crippen LogP contribution is -2.44. The Labute approximate surface area is 110 Å². The van der Waals surface area contributed by atoms with Gasteiger partial charge in [-0.15, -0.1) is 0 Å². The van der Waals surface area contributed by atoms with Crippen LogP contribution in [0.25, 0.3) is 0 Å². The van der Waals surface area contributed by atoms with Gasteiger partial charge < -0.3 is 10.6 Å². The number of carbonyl (C=O) groups excluding carboxylic acids is 3. The highest BCUT2D eigenvalue weighted by atomic mass is 16.2. The van der Waals surface area contributed by atoms with Gasteiger partial charge in [0, 0.05) is 24.2 Å². The largest absolute Gasteiger partial charge is 0.399 e. The van der Waals surface area contributed by atoms with Crippen molar-refractivity contribution < 1.29 is 14.4 Å². The lowest BCUT2D eigenvalue weighted by Gasteiger charge is -2.29. The van der Waals surface area contributed by atoms with E-state index >= 15 is 0 Å². The van der Waals surface area contributed by atoms with Gasteiger partial charge in [-0.05, 0) is 30.2 Å². The third kappa shape index (κ3) is 1.91. The second-order valence-electron chi connectivity index (χ2n) is 5.09. The standard InChI is InChI=1S/C14H14N2O3/c15-9-1-3-11-8(5-9)7-16(14(11)19)12-4-2-10(17)6-13(12)18/h1,3,5,12H,2,4,6-7,15H2. The molecule has 1 aromatic carbocycles.